The molecule has 2 fully saturated rings. The fourth-order valence-electron chi connectivity index (χ4n) is 3.14. The molecule has 2 rings (SSSR count). The average molecular weight is 283 g/mol. The monoisotopic (exact) mass is 283 g/mol. The van der Waals surface area contributed by atoms with Crippen LogP contribution in [0.1, 0.15) is 33.1 Å². The predicted molar refractivity (Wildman–Crippen MR) is 79.7 cm³/mol. The molecule has 2 atom stereocenters. The van der Waals surface area contributed by atoms with Gasteiger partial charge < -0.3 is 9.64 Å². The molecule has 2 unspecified atom stereocenters. The Labute approximate surface area is 122 Å². The van der Waals surface area contributed by atoms with Crippen LogP contribution in [-0.4, -0.2) is 73.7 Å². The zero-order chi connectivity index (χ0) is 14.8. The number of nitrogens with zero attached hydrogens (tertiary/aromatic N) is 2. The smallest absolute Gasteiger partial charge is 0.327 e. The minimum atomic E-state index is -0.590. The summed E-state index contributed by atoms with van der Waals surface area (Å²) in [4.78, 5) is 17.0. The first-order valence-electron chi connectivity index (χ1n) is 7.73. The van der Waals surface area contributed by atoms with Crippen LogP contribution in [0.4, 0.5) is 0 Å². The second-order valence-corrected chi connectivity index (χ2v) is 6.68. The molecule has 116 valence electrons. The van der Waals surface area contributed by atoms with Crippen LogP contribution < -0.4 is 5.32 Å². The lowest BCUT2D eigenvalue weighted by atomic mass is 10.00. The van der Waals surface area contributed by atoms with Crippen LogP contribution in [0.15, 0.2) is 0 Å². The predicted octanol–water partition coefficient (Wildman–Crippen LogP) is 0.696. The van der Waals surface area contributed by atoms with E-state index in [1.165, 1.54) is 20.0 Å². The van der Waals surface area contributed by atoms with Crippen LogP contribution in [0.5, 0.6) is 0 Å². The second kappa shape index (κ2) is 6.41. The lowest BCUT2D eigenvalue weighted by Crippen LogP contribution is -2.59. The van der Waals surface area contributed by atoms with Gasteiger partial charge in [0.15, 0.2) is 0 Å². The van der Waals surface area contributed by atoms with Gasteiger partial charge in [-0.25, -0.2) is 0 Å². The average Bonchev–Trinajstić information content (AvgIpc) is 3.20. The van der Waals surface area contributed by atoms with Gasteiger partial charge in [0.2, 0.25) is 0 Å². The minimum Gasteiger partial charge on any atom is -0.468 e. The van der Waals surface area contributed by atoms with Crippen molar-refractivity contribution in [1.29, 1.82) is 0 Å². The third kappa shape index (κ3) is 3.93. The summed E-state index contributed by atoms with van der Waals surface area (Å²) in [6.45, 7) is 8.19. The molecule has 2 aliphatic rings. The first-order valence-corrected chi connectivity index (χ1v) is 7.73. The van der Waals surface area contributed by atoms with Gasteiger partial charge in [-0.2, -0.15) is 0 Å². The fraction of sp³-hybridized carbons (Fsp3) is 0.933. The lowest BCUT2D eigenvalue weighted by molar-refractivity contribution is -0.149. The Morgan fingerprint density at radius 2 is 2.10 bits per heavy atom. The van der Waals surface area contributed by atoms with Gasteiger partial charge >= 0.3 is 5.97 Å². The Morgan fingerprint density at radius 1 is 1.40 bits per heavy atom. The van der Waals surface area contributed by atoms with Crippen LogP contribution in [0, 0.1) is 0 Å². The van der Waals surface area contributed by atoms with E-state index in [2.05, 4.69) is 29.1 Å². The zero-order valence-corrected chi connectivity index (χ0v) is 13.3. The largest absolute Gasteiger partial charge is 0.468 e. The molecule has 20 heavy (non-hydrogen) atoms. The highest BCUT2D eigenvalue weighted by Gasteiger charge is 2.41. The van der Waals surface area contributed by atoms with Crippen molar-refractivity contribution >= 4 is 5.97 Å². The van der Waals surface area contributed by atoms with Crippen molar-refractivity contribution < 1.29 is 9.53 Å². The van der Waals surface area contributed by atoms with E-state index in [0.717, 1.165) is 32.6 Å². The molecule has 0 radical (unpaired) electrons. The fourth-order valence-corrected chi connectivity index (χ4v) is 3.14. The van der Waals surface area contributed by atoms with Crippen LogP contribution in [0.3, 0.4) is 0 Å². The molecule has 5 nitrogen and oxygen atoms in total. The van der Waals surface area contributed by atoms with Crippen LogP contribution in [0.25, 0.3) is 0 Å². The summed E-state index contributed by atoms with van der Waals surface area (Å²) in [7, 11) is 3.65. The SMILES string of the molecule is COC(=O)C(C)(CN1CCCN(C)CC1C)NC1CC1. The summed E-state index contributed by atoms with van der Waals surface area (Å²) in [6, 6.07) is 0.955. The van der Waals surface area contributed by atoms with Crippen LogP contribution in [0.2, 0.25) is 0 Å². The Bertz CT molecular complexity index is 346. The summed E-state index contributed by atoms with van der Waals surface area (Å²) < 4.78 is 5.03. The summed E-state index contributed by atoms with van der Waals surface area (Å²) in [6.07, 6.45) is 3.50. The van der Waals surface area contributed by atoms with E-state index in [-0.39, 0.29) is 5.97 Å². The number of hydrogen-bond acceptors (Lipinski definition) is 5. The van der Waals surface area contributed by atoms with E-state index >= 15 is 0 Å². The molecule has 5 heteroatoms. The Hall–Kier alpha value is -0.650. The molecule has 0 aromatic heterocycles. The molecule has 0 aromatic rings. The Morgan fingerprint density at radius 3 is 2.70 bits per heavy atom. The molecule has 1 saturated carbocycles. The van der Waals surface area contributed by atoms with Crippen molar-refractivity contribution in [2.45, 2.75) is 50.7 Å². The molecule has 0 aromatic carbocycles. The van der Waals surface area contributed by atoms with Gasteiger partial charge in [0, 0.05) is 25.2 Å². The normalized spacial score (nSPS) is 28.7. The van der Waals surface area contributed by atoms with E-state index in [0.29, 0.717) is 12.1 Å². The number of hydrogen-bond donors (Lipinski definition) is 1. The molecule has 1 aliphatic carbocycles. The van der Waals surface area contributed by atoms with Gasteiger partial charge in [-0.15, -0.1) is 0 Å². The minimum absolute atomic E-state index is 0.144. The maximum Gasteiger partial charge on any atom is 0.327 e. The van der Waals surface area contributed by atoms with E-state index in [4.69, 9.17) is 4.74 Å². The van der Waals surface area contributed by atoms with Gasteiger partial charge in [-0.3, -0.25) is 15.0 Å². The number of ether oxygens (including phenoxy) is 1. The number of likely N-dealkylation sites (N-methyl/N-ethyl adjacent to an activating group) is 1. The first kappa shape index (κ1) is 15.7. The van der Waals surface area contributed by atoms with Gasteiger partial charge in [0.25, 0.3) is 0 Å². The number of carbonyl (C=O) groups is 1. The van der Waals surface area contributed by atoms with Gasteiger partial charge in [-0.1, -0.05) is 0 Å². The van der Waals surface area contributed by atoms with Gasteiger partial charge in [0.1, 0.15) is 5.54 Å². The molecular formula is C15H29N3O2. The van der Waals surface area contributed by atoms with Crippen LogP contribution in [-0.2, 0) is 9.53 Å². The molecule has 0 amide bonds. The van der Waals surface area contributed by atoms with Crippen molar-refractivity contribution in [3.05, 3.63) is 0 Å². The number of esters is 1. The lowest BCUT2D eigenvalue weighted by Gasteiger charge is -2.36. The van der Waals surface area contributed by atoms with Gasteiger partial charge in [0.05, 0.1) is 7.11 Å². The molecular weight excluding hydrogens is 254 g/mol. The molecule has 1 heterocycles. The highest BCUT2D eigenvalue weighted by molar-refractivity contribution is 5.80. The Kier molecular flexibility index (Phi) is 5.04. The highest BCUT2D eigenvalue weighted by Crippen LogP contribution is 2.24. The number of rotatable bonds is 5. The van der Waals surface area contributed by atoms with E-state index < -0.39 is 5.54 Å². The van der Waals surface area contributed by atoms with Gasteiger partial charge in [-0.05, 0) is 53.2 Å². The van der Waals surface area contributed by atoms with Crippen molar-refractivity contribution in [2.75, 3.05) is 40.3 Å². The third-order valence-electron chi connectivity index (χ3n) is 4.44. The summed E-state index contributed by atoms with van der Waals surface area (Å²) in [5.74, 6) is -0.144. The van der Waals surface area contributed by atoms with Crippen molar-refractivity contribution in [3.8, 4) is 0 Å². The third-order valence-corrected chi connectivity index (χ3v) is 4.44. The van der Waals surface area contributed by atoms with Crippen LogP contribution >= 0.6 is 0 Å². The molecule has 1 aliphatic heterocycles. The standard InChI is InChI=1S/C15H29N3O2/c1-12-10-17(3)8-5-9-18(12)11-15(2,14(19)20-4)16-13-6-7-13/h12-13,16H,5-11H2,1-4H3. The van der Waals surface area contributed by atoms with Crippen molar-refractivity contribution in [1.82, 2.24) is 15.1 Å². The molecule has 0 spiro atoms. The zero-order valence-electron chi connectivity index (χ0n) is 13.3. The highest BCUT2D eigenvalue weighted by atomic mass is 16.5. The van der Waals surface area contributed by atoms with E-state index in [1.54, 1.807) is 0 Å². The summed E-state index contributed by atoms with van der Waals surface area (Å²) in [5.41, 5.74) is -0.590. The Balaban J connectivity index is 2.03. The molecule has 1 N–H and O–H groups in total. The van der Waals surface area contributed by atoms with E-state index in [1.807, 2.05) is 6.92 Å². The molecule has 0 bridgehead atoms. The summed E-state index contributed by atoms with van der Waals surface area (Å²) in [5, 5.41) is 3.49. The number of nitrogens with one attached hydrogen (secondary N) is 1. The molecule has 1 saturated heterocycles. The number of carbonyl (C=O) groups excluding carboxylic acids is 1. The maximum absolute atomic E-state index is 12.2. The second-order valence-electron chi connectivity index (χ2n) is 6.68. The van der Waals surface area contributed by atoms with E-state index in [9.17, 15) is 4.79 Å². The quantitative estimate of drug-likeness (QED) is 0.752. The summed E-state index contributed by atoms with van der Waals surface area (Å²) >= 11 is 0. The first-order chi connectivity index (χ1) is 9.44. The van der Waals surface area contributed by atoms with Crippen molar-refractivity contribution in [2.24, 2.45) is 0 Å². The topological polar surface area (TPSA) is 44.8 Å². The number of methoxy groups -OCH3 is 1. The maximum atomic E-state index is 12.2. The van der Waals surface area contributed by atoms with Crippen molar-refractivity contribution in [3.63, 3.8) is 0 Å².